The third-order valence-corrected chi connectivity index (χ3v) is 6.79. The average molecular weight is 429 g/mol. The van der Waals surface area contributed by atoms with Gasteiger partial charge in [0.15, 0.2) is 16.4 Å². The van der Waals surface area contributed by atoms with E-state index >= 15 is 0 Å². The van der Waals surface area contributed by atoms with Crippen molar-refractivity contribution < 1.29 is 22.7 Å². The number of amides is 1. The Labute approximate surface area is 176 Å². The van der Waals surface area contributed by atoms with Gasteiger partial charge in [0, 0.05) is 18.2 Å². The number of benzene rings is 2. The van der Waals surface area contributed by atoms with E-state index in [2.05, 4.69) is 11.9 Å². The first-order chi connectivity index (χ1) is 14.3. The molecule has 2 aromatic rings. The number of ether oxygens (including phenoxy) is 2. The van der Waals surface area contributed by atoms with Gasteiger partial charge in [0.2, 0.25) is 0 Å². The van der Waals surface area contributed by atoms with Crippen LogP contribution >= 0.6 is 0 Å². The Kier molecular flexibility index (Phi) is 6.17. The Hall–Kier alpha value is -3.26. The van der Waals surface area contributed by atoms with E-state index in [0.29, 0.717) is 28.3 Å². The summed E-state index contributed by atoms with van der Waals surface area (Å²) in [7, 11) is -1.13. The molecule has 7 nitrogen and oxygen atoms in total. The molecule has 3 rings (SSSR count). The lowest BCUT2D eigenvalue weighted by molar-refractivity contribution is -0.117. The zero-order valence-corrected chi connectivity index (χ0v) is 18.0. The highest BCUT2D eigenvalue weighted by atomic mass is 32.2. The maximum Gasteiger partial charge on any atom is 0.270 e. The number of rotatable bonds is 7. The zero-order valence-electron chi connectivity index (χ0n) is 17.1. The summed E-state index contributed by atoms with van der Waals surface area (Å²) in [6.07, 6.45) is 1.47. The monoisotopic (exact) mass is 428 g/mol. The van der Waals surface area contributed by atoms with Crippen LogP contribution in [0.4, 0.5) is 5.69 Å². The number of hydrogen-bond acceptors (Lipinski definition) is 5. The van der Waals surface area contributed by atoms with Gasteiger partial charge in [0.25, 0.3) is 15.9 Å². The van der Waals surface area contributed by atoms with E-state index in [1.54, 1.807) is 19.1 Å². The Bertz CT molecular complexity index is 1110. The Morgan fingerprint density at radius 3 is 2.37 bits per heavy atom. The zero-order chi connectivity index (χ0) is 21.9. The number of fused-ring (bicyclic) bond motifs is 1. The van der Waals surface area contributed by atoms with Gasteiger partial charge in [-0.1, -0.05) is 36.4 Å². The number of nitrogens with one attached hydrogen (secondary N) is 1. The van der Waals surface area contributed by atoms with Gasteiger partial charge < -0.3 is 14.8 Å². The summed E-state index contributed by atoms with van der Waals surface area (Å²) >= 11 is 0. The van der Waals surface area contributed by atoms with E-state index in [4.69, 9.17) is 9.47 Å². The average Bonchev–Trinajstić information content (AvgIpc) is 2.74. The Morgan fingerprint density at radius 2 is 1.77 bits per heavy atom. The summed E-state index contributed by atoms with van der Waals surface area (Å²) in [5, 5.41) is 2.71. The third kappa shape index (κ3) is 3.78. The van der Waals surface area contributed by atoms with Crippen LogP contribution in [-0.4, -0.2) is 35.1 Å². The topological polar surface area (TPSA) is 84.9 Å². The third-order valence-electron chi connectivity index (χ3n) is 4.86. The second kappa shape index (κ2) is 8.62. The molecule has 0 aliphatic carbocycles. The van der Waals surface area contributed by atoms with Gasteiger partial charge in [-0.3, -0.25) is 9.10 Å². The SMILES string of the molecule is C=CCN1c2cc(OC)c(OC)cc2C(C)=C(C(=O)NCc2ccccc2)S1(=O)=O. The molecule has 2 aromatic carbocycles. The van der Waals surface area contributed by atoms with Crippen molar-refractivity contribution in [2.24, 2.45) is 0 Å². The number of methoxy groups -OCH3 is 2. The van der Waals surface area contributed by atoms with Crippen molar-refractivity contribution in [1.82, 2.24) is 5.32 Å². The molecule has 8 heteroatoms. The molecule has 0 fully saturated rings. The molecular weight excluding hydrogens is 404 g/mol. The molecule has 0 unspecified atom stereocenters. The summed E-state index contributed by atoms with van der Waals surface area (Å²) in [5.74, 6) is 0.175. The van der Waals surface area contributed by atoms with Crippen molar-refractivity contribution in [1.29, 1.82) is 0 Å². The lowest BCUT2D eigenvalue weighted by atomic mass is 10.0. The van der Waals surface area contributed by atoms with Gasteiger partial charge in [-0.25, -0.2) is 8.42 Å². The fourth-order valence-electron chi connectivity index (χ4n) is 3.39. The summed E-state index contributed by atoms with van der Waals surface area (Å²) in [6.45, 7) is 5.49. The van der Waals surface area contributed by atoms with Gasteiger partial charge in [0.05, 0.1) is 26.5 Å². The molecule has 158 valence electrons. The maximum atomic E-state index is 13.4. The number of carbonyl (C=O) groups excluding carboxylic acids is 1. The molecule has 30 heavy (non-hydrogen) atoms. The van der Waals surface area contributed by atoms with Crippen molar-refractivity contribution >= 4 is 27.2 Å². The van der Waals surface area contributed by atoms with Crippen LogP contribution in [0.1, 0.15) is 18.1 Å². The van der Waals surface area contributed by atoms with Crippen molar-refractivity contribution in [2.75, 3.05) is 25.1 Å². The Morgan fingerprint density at radius 1 is 1.13 bits per heavy atom. The molecule has 1 N–H and O–H groups in total. The molecule has 0 bridgehead atoms. The molecule has 1 aliphatic heterocycles. The van der Waals surface area contributed by atoms with Gasteiger partial charge in [-0.15, -0.1) is 6.58 Å². The highest BCUT2D eigenvalue weighted by Crippen LogP contribution is 2.44. The van der Waals surface area contributed by atoms with Crippen molar-refractivity contribution in [3.63, 3.8) is 0 Å². The smallest absolute Gasteiger partial charge is 0.270 e. The molecule has 0 spiro atoms. The molecule has 0 saturated heterocycles. The standard InChI is InChI=1S/C22H24N2O5S/c1-5-11-24-18-13-20(29-4)19(28-3)12-17(18)15(2)21(30(24,26)27)22(25)23-14-16-9-7-6-8-10-16/h5-10,12-13H,1,11,14H2,2-4H3,(H,23,25). The van der Waals surface area contributed by atoms with Crippen LogP contribution in [0.3, 0.4) is 0 Å². The highest BCUT2D eigenvalue weighted by molar-refractivity contribution is 7.97. The lowest BCUT2D eigenvalue weighted by Crippen LogP contribution is -2.41. The van der Waals surface area contributed by atoms with Crippen molar-refractivity contribution in [3.05, 3.63) is 71.2 Å². The minimum Gasteiger partial charge on any atom is -0.493 e. The van der Waals surface area contributed by atoms with E-state index < -0.39 is 15.9 Å². The number of carbonyl (C=O) groups is 1. The van der Waals surface area contributed by atoms with Crippen LogP contribution in [-0.2, 0) is 21.4 Å². The molecule has 0 saturated carbocycles. The predicted octanol–water partition coefficient (Wildman–Crippen LogP) is 3.09. The van der Waals surface area contributed by atoms with Crippen LogP contribution in [0.5, 0.6) is 11.5 Å². The number of sulfonamides is 1. The molecule has 0 atom stereocenters. The highest BCUT2D eigenvalue weighted by Gasteiger charge is 2.39. The van der Waals surface area contributed by atoms with Crippen molar-refractivity contribution in [3.8, 4) is 11.5 Å². The van der Waals surface area contributed by atoms with E-state index in [1.807, 2.05) is 30.3 Å². The number of nitrogens with zero attached hydrogens (tertiary/aromatic N) is 1. The first-order valence-corrected chi connectivity index (χ1v) is 10.7. The van der Waals surface area contributed by atoms with E-state index in [-0.39, 0.29) is 18.0 Å². The fourth-order valence-corrected chi connectivity index (χ4v) is 5.13. The number of hydrogen-bond donors (Lipinski definition) is 1. The Balaban J connectivity index is 2.11. The van der Waals surface area contributed by atoms with Crippen LogP contribution in [0.2, 0.25) is 0 Å². The van der Waals surface area contributed by atoms with Gasteiger partial charge in [0.1, 0.15) is 0 Å². The second-order valence-electron chi connectivity index (χ2n) is 6.67. The fraction of sp³-hybridized carbons (Fsp3) is 0.227. The minimum absolute atomic E-state index is 0.00750. The lowest BCUT2D eigenvalue weighted by Gasteiger charge is -2.32. The summed E-state index contributed by atoms with van der Waals surface area (Å²) in [5.41, 5.74) is 2.20. The summed E-state index contributed by atoms with van der Waals surface area (Å²) in [4.78, 5) is 12.7. The normalized spacial score (nSPS) is 14.7. The minimum atomic E-state index is -4.10. The van der Waals surface area contributed by atoms with Crippen molar-refractivity contribution in [2.45, 2.75) is 13.5 Å². The molecule has 0 aromatic heterocycles. The van der Waals surface area contributed by atoms with Crippen LogP contribution in [0.25, 0.3) is 5.57 Å². The first kappa shape index (κ1) is 21.4. The molecule has 1 amide bonds. The van der Waals surface area contributed by atoms with E-state index in [1.165, 1.54) is 20.3 Å². The number of anilines is 1. The van der Waals surface area contributed by atoms with Crippen LogP contribution in [0.15, 0.2) is 60.0 Å². The van der Waals surface area contributed by atoms with Gasteiger partial charge in [-0.2, -0.15) is 0 Å². The largest absolute Gasteiger partial charge is 0.493 e. The van der Waals surface area contributed by atoms with E-state index in [0.717, 1.165) is 9.87 Å². The predicted molar refractivity (Wildman–Crippen MR) is 117 cm³/mol. The summed E-state index contributed by atoms with van der Waals surface area (Å²) < 4.78 is 38.6. The quantitative estimate of drug-likeness (QED) is 0.685. The maximum absolute atomic E-state index is 13.4. The second-order valence-corrected chi connectivity index (χ2v) is 8.47. The van der Waals surface area contributed by atoms with E-state index in [9.17, 15) is 13.2 Å². The molecule has 1 aliphatic rings. The first-order valence-electron chi connectivity index (χ1n) is 9.28. The summed E-state index contributed by atoms with van der Waals surface area (Å²) in [6, 6.07) is 12.6. The van der Waals surface area contributed by atoms with Crippen LogP contribution in [0, 0.1) is 0 Å². The van der Waals surface area contributed by atoms with Gasteiger partial charge >= 0.3 is 0 Å². The van der Waals surface area contributed by atoms with Gasteiger partial charge in [-0.05, 0) is 24.1 Å². The van der Waals surface area contributed by atoms with Crippen LogP contribution < -0.4 is 19.1 Å². The molecule has 1 heterocycles. The molecular formula is C22H24N2O5S. The number of allylic oxidation sites excluding steroid dienone is 1. The molecule has 0 radical (unpaired) electrons.